The van der Waals surface area contributed by atoms with Gasteiger partial charge >= 0.3 is 0 Å². The number of nitrogens with one attached hydrogen (secondary N) is 1. The summed E-state index contributed by atoms with van der Waals surface area (Å²) in [5.74, 6) is 0.197. The van der Waals surface area contributed by atoms with Crippen LogP contribution in [0.5, 0.6) is 11.5 Å². The molecule has 1 aromatic heterocycles. The van der Waals surface area contributed by atoms with E-state index >= 15 is 4.39 Å². The predicted octanol–water partition coefficient (Wildman–Crippen LogP) is 5.19. The van der Waals surface area contributed by atoms with Gasteiger partial charge in [-0.3, -0.25) is 4.79 Å². The number of amides is 1. The monoisotopic (exact) mass is 428 g/mol. The van der Waals surface area contributed by atoms with Gasteiger partial charge < -0.3 is 15.8 Å². The molecular formula is C25H21FN4O2. The Balaban J connectivity index is 1.54. The molecule has 4 aromatic rings. The van der Waals surface area contributed by atoms with Crippen LogP contribution in [0.1, 0.15) is 21.5 Å². The van der Waals surface area contributed by atoms with Crippen LogP contribution in [-0.4, -0.2) is 15.7 Å². The maximum Gasteiger partial charge on any atom is 0.254 e. The van der Waals surface area contributed by atoms with Crippen molar-refractivity contribution in [1.29, 1.82) is 0 Å². The Morgan fingerprint density at radius 2 is 1.91 bits per heavy atom. The van der Waals surface area contributed by atoms with Crippen molar-refractivity contribution >= 4 is 17.4 Å². The molecule has 3 N–H and O–H groups in total. The van der Waals surface area contributed by atoms with Crippen molar-refractivity contribution in [1.82, 2.24) is 9.78 Å². The molecule has 1 aliphatic rings. The van der Waals surface area contributed by atoms with Gasteiger partial charge in [0.1, 0.15) is 34.4 Å². The molecule has 1 aliphatic heterocycles. The molecule has 0 radical (unpaired) electrons. The van der Waals surface area contributed by atoms with Crippen LogP contribution in [0.4, 0.5) is 15.9 Å². The minimum Gasteiger partial charge on any atom is -0.457 e. The number of aryl methyl sites for hydroxylation is 3. The van der Waals surface area contributed by atoms with Crippen LogP contribution in [0.25, 0.3) is 11.3 Å². The molecule has 5 rings (SSSR count). The van der Waals surface area contributed by atoms with E-state index < -0.39 is 11.7 Å². The standard InChI is InChI=1S/C25H21FN4O2/c1-15-7-10-21-16(13-15)11-12-30-25(28-21)22(24(27)31)23(29-30)19-9-8-18(14-20(19)26)32-17-5-3-2-4-6-17/h2-10,13-14,28H,11-12H2,1H3,(H2,27,31). The van der Waals surface area contributed by atoms with Gasteiger partial charge in [0.05, 0.1) is 0 Å². The van der Waals surface area contributed by atoms with Crippen LogP contribution < -0.4 is 15.8 Å². The first-order valence-electron chi connectivity index (χ1n) is 10.3. The van der Waals surface area contributed by atoms with Gasteiger partial charge in [0, 0.05) is 23.9 Å². The molecule has 0 saturated carbocycles. The summed E-state index contributed by atoms with van der Waals surface area (Å²) in [7, 11) is 0. The zero-order valence-corrected chi connectivity index (χ0v) is 17.4. The number of fused-ring (bicyclic) bond motifs is 2. The SMILES string of the molecule is Cc1ccc2c(c1)CCn1nc(-c3ccc(Oc4ccccc4)cc3F)c(C(N)=O)c1N2. The third-order valence-electron chi connectivity index (χ3n) is 5.48. The van der Waals surface area contributed by atoms with E-state index in [9.17, 15) is 4.79 Å². The zero-order chi connectivity index (χ0) is 22.2. The van der Waals surface area contributed by atoms with E-state index in [1.54, 1.807) is 28.9 Å². The van der Waals surface area contributed by atoms with Crippen molar-refractivity contribution in [2.24, 2.45) is 5.73 Å². The third kappa shape index (κ3) is 3.58. The highest BCUT2D eigenvalue weighted by molar-refractivity contribution is 6.04. The number of benzene rings is 3. The predicted molar refractivity (Wildman–Crippen MR) is 121 cm³/mol. The fraction of sp³-hybridized carbons (Fsp3) is 0.120. The summed E-state index contributed by atoms with van der Waals surface area (Å²) in [5, 5.41) is 7.84. The average molecular weight is 428 g/mol. The van der Waals surface area contributed by atoms with E-state index in [0.29, 0.717) is 23.9 Å². The molecule has 3 aromatic carbocycles. The molecule has 0 spiro atoms. The number of hydrogen-bond donors (Lipinski definition) is 2. The Labute approximate surface area is 184 Å². The number of primary amides is 1. The molecule has 0 aliphatic carbocycles. The maximum atomic E-state index is 15.1. The van der Waals surface area contributed by atoms with Crippen molar-refractivity contribution in [2.75, 3.05) is 5.32 Å². The smallest absolute Gasteiger partial charge is 0.254 e. The normalized spacial score (nSPS) is 12.3. The first-order valence-corrected chi connectivity index (χ1v) is 10.3. The van der Waals surface area contributed by atoms with Crippen LogP contribution in [-0.2, 0) is 13.0 Å². The zero-order valence-electron chi connectivity index (χ0n) is 17.4. The highest BCUT2D eigenvalue weighted by Crippen LogP contribution is 2.36. The fourth-order valence-electron chi connectivity index (χ4n) is 3.95. The van der Waals surface area contributed by atoms with E-state index in [0.717, 1.165) is 23.2 Å². The Morgan fingerprint density at radius 3 is 2.66 bits per heavy atom. The summed E-state index contributed by atoms with van der Waals surface area (Å²) < 4.78 is 22.5. The Hall–Kier alpha value is -4.13. The van der Waals surface area contributed by atoms with Crippen LogP contribution in [0, 0.1) is 12.7 Å². The molecule has 0 unspecified atom stereocenters. The van der Waals surface area contributed by atoms with E-state index in [1.165, 1.54) is 6.07 Å². The topological polar surface area (TPSA) is 82.2 Å². The number of para-hydroxylation sites is 1. The number of nitrogens with two attached hydrogens (primary N) is 1. The van der Waals surface area contributed by atoms with Gasteiger partial charge in [0.2, 0.25) is 0 Å². The van der Waals surface area contributed by atoms with Gasteiger partial charge in [-0.05, 0) is 49.2 Å². The summed E-state index contributed by atoms with van der Waals surface area (Å²) in [6.45, 7) is 2.57. The van der Waals surface area contributed by atoms with Crippen molar-refractivity contribution in [3.8, 4) is 22.8 Å². The highest BCUT2D eigenvalue weighted by atomic mass is 19.1. The quantitative estimate of drug-likeness (QED) is 0.469. The number of anilines is 2. The molecule has 6 nitrogen and oxygen atoms in total. The number of carbonyl (C=O) groups excluding carboxylic acids is 1. The maximum absolute atomic E-state index is 15.1. The molecule has 1 amide bonds. The van der Waals surface area contributed by atoms with Crippen LogP contribution in [0.2, 0.25) is 0 Å². The minimum atomic E-state index is -0.673. The van der Waals surface area contributed by atoms with E-state index in [1.807, 2.05) is 37.3 Å². The van der Waals surface area contributed by atoms with Crippen molar-refractivity contribution in [3.63, 3.8) is 0 Å². The summed E-state index contributed by atoms with van der Waals surface area (Å²) in [5.41, 5.74) is 9.44. The average Bonchev–Trinajstić information content (AvgIpc) is 3.03. The lowest BCUT2D eigenvalue weighted by atomic mass is 10.1. The number of rotatable bonds is 4. The number of carbonyl (C=O) groups is 1. The lowest BCUT2D eigenvalue weighted by Gasteiger charge is -2.10. The summed E-state index contributed by atoms with van der Waals surface area (Å²) >= 11 is 0. The molecular weight excluding hydrogens is 407 g/mol. The summed E-state index contributed by atoms with van der Waals surface area (Å²) in [6, 6.07) is 19.7. The fourth-order valence-corrected chi connectivity index (χ4v) is 3.95. The Kier molecular flexibility index (Phi) is 4.86. The van der Waals surface area contributed by atoms with Gasteiger partial charge in [0.15, 0.2) is 0 Å². The highest BCUT2D eigenvalue weighted by Gasteiger charge is 2.27. The van der Waals surface area contributed by atoms with Gasteiger partial charge in [-0.25, -0.2) is 9.07 Å². The van der Waals surface area contributed by atoms with E-state index in [2.05, 4.69) is 16.5 Å². The van der Waals surface area contributed by atoms with Crippen molar-refractivity contribution < 1.29 is 13.9 Å². The van der Waals surface area contributed by atoms with Gasteiger partial charge in [0.25, 0.3) is 5.91 Å². The second-order valence-electron chi connectivity index (χ2n) is 7.75. The second-order valence-corrected chi connectivity index (χ2v) is 7.75. The summed E-state index contributed by atoms with van der Waals surface area (Å²) in [4.78, 5) is 12.4. The number of ether oxygens (including phenoxy) is 1. The van der Waals surface area contributed by atoms with E-state index in [-0.39, 0.29) is 16.8 Å². The minimum absolute atomic E-state index is 0.161. The van der Waals surface area contributed by atoms with Crippen molar-refractivity contribution in [3.05, 3.63) is 89.2 Å². The first-order chi connectivity index (χ1) is 15.5. The van der Waals surface area contributed by atoms with Crippen molar-refractivity contribution in [2.45, 2.75) is 19.9 Å². The number of halogens is 1. The Bertz CT molecular complexity index is 1330. The molecule has 2 heterocycles. The van der Waals surface area contributed by atoms with Crippen LogP contribution >= 0.6 is 0 Å². The van der Waals surface area contributed by atoms with Crippen LogP contribution in [0.15, 0.2) is 66.7 Å². The van der Waals surface area contributed by atoms with Gasteiger partial charge in [-0.15, -0.1) is 0 Å². The van der Waals surface area contributed by atoms with Gasteiger partial charge in [-0.1, -0.05) is 35.9 Å². The third-order valence-corrected chi connectivity index (χ3v) is 5.48. The molecule has 0 bridgehead atoms. The molecule has 0 fully saturated rings. The van der Waals surface area contributed by atoms with Crippen LogP contribution in [0.3, 0.4) is 0 Å². The molecule has 7 heteroatoms. The largest absolute Gasteiger partial charge is 0.457 e. The van der Waals surface area contributed by atoms with Gasteiger partial charge in [-0.2, -0.15) is 5.10 Å². The molecule has 0 atom stereocenters. The first kappa shape index (κ1) is 19.8. The molecule has 160 valence electrons. The molecule has 0 saturated heterocycles. The molecule has 32 heavy (non-hydrogen) atoms. The number of nitrogens with zero attached hydrogens (tertiary/aromatic N) is 2. The number of aromatic nitrogens is 2. The van der Waals surface area contributed by atoms with E-state index in [4.69, 9.17) is 10.5 Å². The Morgan fingerprint density at radius 1 is 1.09 bits per heavy atom. The lowest BCUT2D eigenvalue weighted by Crippen LogP contribution is -2.14. The second kappa shape index (κ2) is 7.85. The number of hydrogen-bond acceptors (Lipinski definition) is 4. The summed E-state index contributed by atoms with van der Waals surface area (Å²) in [6.07, 6.45) is 0.725. The lowest BCUT2D eigenvalue weighted by molar-refractivity contribution is 0.100.